The second-order valence-corrected chi connectivity index (χ2v) is 7.62. The summed E-state index contributed by atoms with van der Waals surface area (Å²) in [6.45, 7) is 10.8. The summed E-state index contributed by atoms with van der Waals surface area (Å²) in [4.78, 5) is 17.1. The van der Waals surface area contributed by atoms with E-state index >= 15 is 0 Å². The van der Waals surface area contributed by atoms with E-state index in [2.05, 4.69) is 10.3 Å². The minimum Gasteiger partial charge on any atom is -0.346 e. The first-order valence-electron chi connectivity index (χ1n) is 9.75. The van der Waals surface area contributed by atoms with Crippen LogP contribution < -0.4 is 15.9 Å². The summed E-state index contributed by atoms with van der Waals surface area (Å²) < 4.78 is 39.8. The number of hydrogen-bond acceptors (Lipinski definition) is 2. The lowest BCUT2D eigenvalue weighted by atomic mass is 9.88. The van der Waals surface area contributed by atoms with Gasteiger partial charge < -0.3 is 5.32 Å². The highest BCUT2D eigenvalue weighted by Crippen LogP contribution is 2.32. The number of allylic oxidation sites excluding steroid dienone is 3. The van der Waals surface area contributed by atoms with Crippen molar-refractivity contribution in [3.05, 3.63) is 52.2 Å². The number of halogens is 3. The van der Waals surface area contributed by atoms with Gasteiger partial charge in [0.25, 0.3) is 5.91 Å². The first kappa shape index (κ1) is 24.7. The summed E-state index contributed by atoms with van der Waals surface area (Å²) in [6.07, 6.45) is 3.93. The van der Waals surface area contributed by atoms with E-state index in [1.807, 2.05) is 46.8 Å². The van der Waals surface area contributed by atoms with E-state index in [4.69, 9.17) is 0 Å². The average Bonchev–Trinajstić information content (AvgIpc) is 2.59. The molecule has 1 rings (SSSR count). The third-order valence-corrected chi connectivity index (χ3v) is 4.41. The van der Waals surface area contributed by atoms with Crippen LogP contribution in [0.1, 0.15) is 71.2 Å². The fourth-order valence-corrected chi connectivity index (χ4v) is 3.31. The van der Waals surface area contributed by atoms with Crippen molar-refractivity contribution in [1.29, 1.82) is 0 Å². The number of alkyl halides is 3. The van der Waals surface area contributed by atoms with E-state index in [0.29, 0.717) is 6.42 Å². The predicted molar refractivity (Wildman–Crippen MR) is 113 cm³/mol. The van der Waals surface area contributed by atoms with Crippen LogP contribution in [0.4, 0.5) is 13.2 Å². The maximum atomic E-state index is 13.3. The zero-order valence-corrected chi connectivity index (χ0v) is 18.1. The van der Waals surface area contributed by atoms with Crippen LogP contribution in [0, 0.1) is 0 Å². The van der Waals surface area contributed by atoms with E-state index in [9.17, 15) is 18.0 Å². The number of pyridine rings is 1. The van der Waals surface area contributed by atoms with Crippen LogP contribution in [-0.2, 0) is 0 Å². The smallest absolute Gasteiger partial charge is 0.346 e. The normalized spacial score (nSPS) is 15.5. The van der Waals surface area contributed by atoms with Crippen LogP contribution in [0.15, 0.2) is 36.1 Å². The van der Waals surface area contributed by atoms with E-state index in [1.165, 1.54) is 13.1 Å². The number of nitrogens with one attached hydrogen (secondary N) is 1. The minimum atomic E-state index is -4.41. The first-order chi connectivity index (χ1) is 13.4. The van der Waals surface area contributed by atoms with E-state index in [-0.39, 0.29) is 12.0 Å². The Morgan fingerprint density at radius 1 is 1.24 bits per heavy atom. The van der Waals surface area contributed by atoms with E-state index < -0.39 is 24.0 Å². The highest BCUT2D eigenvalue weighted by Gasteiger charge is 2.40. The molecule has 0 radical (unpaired) electrons. The summed E-state index contributed by atoms with van der Waals surface area (Å²) in [7, 11) is 0. The summed E-state index contributed by atoms with van der Waals surface area (Å²) in [5.74, 6) is -0.566. The molecule has 1 atom stereocenters. The van der Waals surface area contributed by atoms with Gasteiger partial charge in [-0.2, -0.15) is 13.2 Å². The largest absolute Gasteiger partial charge is 0.391 e. The second-order valence-electron chi connectivity index (χ2n) is 7.62. The van der Waals surface area contributed by atoms with Crippen LogP contribution in [0.5, 0.6) is 0 Å². The van der Waals surface area contributed by atoms with Gasteiger partial charge in [0.2, 0.25) is 0 Å². The van der Waals surface area contributed by atoms with Gasteiger partial charge in [0, 0.05) is 6.20 Å². The molecule has 1 amide bonds. The molecule has 6 heteroatoms. The average molecular weight is 409 g/mol. The zero-order valence-electron chi connectivity index (χ0n) is 18.1. The molecule has 1 aromatic heterocycles. The molecule has 0 aliphatic heterocycles. The van der Waals surface area contributed by atoms with Crippen molar-refractivity contribution in [2.75, 3.05) is 0 Å². The fourth-order valence-electron chi connectivity index (χ4n) is 3.31. The maximum Gasteiger partial charge on any atom is 0.391 e. The molecule has 1 N–H and O–H groups in total. The van der Waals surface area contributed by atoms with Gasteiger partial charge in [0.05, 0.1) is 22.9 Å². The van der Waals surface area contributed by atoms with Crippen molar-refractivity contribution in [2.45, 2.75) is 72.5 Å². The lowest BCUT2D eigenvalue weighted by molar-refractivity contribution is -0.147. The summed E-state index contributed by atoms with van der Waals surface area (Å²) in [5, 5.41) is 4.16. The van der Waals surface area contributed by atoms with Crippen molar-refractivity contribution in [1.82, 2.24) is 10.3 Å². The van der Waals surface area contributed by atoms with Crippen LogP contribution in [0.3, 0.4) is 0 Å². The fraction of sp³-hybridized carbons (Fsp3) is 0.478. The molecule has 0 saturated heterocycles. The molecule has 1 heterocycles. The highest BCUT2D eigenvalue weighted by molar-refractivity contribution is 5.94. The van der Waals surface area contributed by atoms with E-state index in [1.54, 1.807) is 18.2 Å². The Kier molecular flexibility index (Phi) is 8.86. The Bertz CT molecular complexity index is 894. The Morgan fingerprint density at radius 2 is 1.90 bits per heavy atom. The molecule has 0 aliphatic carbocycles. The molecule has 0 unspecified atom stereocenters. The highest BCUT2D eigenvalue weighted by atomic mass is 19.4. The molecule has 0 saturated carbocycles. The van der Waals surface area contributed by atoms with Crippen molar-refractivity contribution >= 4 is 17.6 Å². The Hall–Kier alpha value is -2.37. The van der Waals surface area contributed by atoms with Crippen LogP contribution in [0.25, 0.3) is 11.6 Å². The van der Waals surface area contributed by atoms with Crippen molar-refractivity contribution in [3.8, 4) is 0 Å². The number of nitrogens with zero attached hydrogens (tertiary/aromatic N) is 1. The maximum absolute atomic E-state index is 13.3. The number of carbonyl (C=O) groups is 1. The van der Waals surface area contributed by atoms with Crippen LogP contribution in [0.2, 0.25) is 0 Å². The first-order valence-corrected chi connectivity index (χ1v) is 9.75. The minimum absolute atomic E-state index is 0.0799. The lowest BCUT2D eigenvalue weighted by Gasteiger charge is -2.32. The van der Waals surface area contributed by atoms with Gasteiger partial charge in [0.15, 0.2) is 0 Å². The Morgan fingerprint density at radius 3 is 2.38 bits per heavy atom. The molecule has 0 aliphatic rings. The lowest BCUT2D eigenvalue weighted by Crippen LogP contribution is -2.49. The quantitative estimate of drug-likeness (QED) is 0.658. The van der Waals surface area contributed by atoms with Crippen molar-refractivity contribution < 1.29 is 18.0 Å². The molecular formula is C23H31F3N2O. The van der Waals surface area contributed by atoms with Crippen LogP contribution >= 0.6 is 0 Å². The van der Waals surface area contributed by atoms with Gasteiger partial charge in [-0.25, -0.2) is 0 Å². The van der Waals surface area contributed by atoms with Gasteiger partial charge in [-0.3, -0.25) is 9.78 Å². The molecule has 0 bridgehead atoms. The molecule has 29 heavy (non-hydrogen) atoms. The van der Waals surface area contributed by atoms with Crippen molar-refractivity contribution in [2.24, 2.45) is 0 Å². The number of hydrogen-bond donors (Lipinski definition) is 1. The SMILES string of the molecule is C/C=C\C(=C/CC)C[C@@](C)(CC(F)(F)F)NC(=O)c1cnc(=C(C)C)/c(=C\C)c1. The van der Waals surface area contributed by atoms with Gasteiger partial charge in [-0.15, -0.1) is 0 Å². The molecule has 3 nitrogen and oxygen atoms in total. The molecular weight excluding hydrogens is 377 g/mol. The predicted octanol–water partition coefficient (Wildman–Crippen LogP) is 4.82. The number of amides is 1. The molecule has 1 aromatic rings. The second kappa shape index (κ2) is 10.4. The van der Waals surface area contributed by atoms with Crippen LogP contribution in [-0.4, -0.2) is 22.6 Å². The Labute approximate surface area is 171 Å². The van der Waals surface area contributed by atoms with Crippen molar-refractivity contribution in [3.63, 3.8) is 0 Å². The summed E-state index contributed by atoms with van der Waals surface area (Å²) in [6, 6.07) is 1.66. The third kappa shape index (κ3) is 7.87. The third-order valence-electron chi connectivity index (χ3n) is 4.41. The number of aromatic nitrogens is 1. The van der Waals surface area contributed by atoms with Gasteiger partial charge in [-0.05, 0) is 58.7 Å². The topological polar surface area (TPSA) is 42.0 Å². The monoisotopic (exact) mass is 408 g/mol. The standard InChI is InChI=1S/C23H31F3N2O/c1-7-10-17(11-8-2)13-22(6,15-23(24,25)26)28-21(29)19-12-18(9-3)20(16(4)5)27-14-19/h7,9-12,14H,8,13,15H2,1-6H3,(H,28,29)/b10-7-,17-11+,18-9-/t22-/m0/s1. The molecule has 0 spiro atoms. The van der Waals surface area contributed by atoms with Gasteiger partial charge >= 0.3 is 6.18 Å². The molecule has 0 fully saturated rings. The number of carbonyl (C=O) groups excluding carboxylic acids is 1. The Balaban J connectivity index is 3.31. The summed E-state index contributed by atoms with van der Waals surface area (Å²) >= 11 is 0. The zero-order chi connectivity index (χ0) is 22.2. The molecule has 0 aromatic carbocycles. The van der Waals surface area contributed by atoms with Gasteiger partial charge in [-0.1, -0.05) is 42.4 Å². The van der Waals surface area contributed by atoms with Gasteiger partial charge in [0.1, 0.15) is 0 Å². The summed E-state index contributed by atoms with van der Waals surface area (Å²) in [5.41, 5.74) is 0.516. The molecule has 160 valence electrons. The van der Waals surface area contributed by atoms with E-state index in [0.717, 1.165) is 21.7 Å². The number of rotatable bonds is 7.